The lowest BCUT2D eigenvalue weighted by atomic mass is 9.89. The molecule has 2 heterocycles. The zero-order valence-electron chi connectivity index (χ0n) is 14.4. The minimum absolute atomic E-state index is 0.0702. The van der Waals surface area contributed by atoms with Gasteiger partial charge in [-0.1, -0.05) is 36.8 Å². The number of hydrogen-bond donors (Lipinski definition) is 1. The van der Waals surface area contributed by atoms with Crippen LogP contribution in [0.4, 0.5) is 0 Å². The molecule has 0 spiro atoms. The average Bonchev–Trinajstić information content (AvgIpc) is 2.97. The number of carbonyl (C=O) groups is 3. The number of likely N-dealkylation sites (tertiary alicyclic amines) is 1. The molecular weight excluding hydrogens is 320 g/mol. The Balaban J connectivity index is 1.77. The van der Waals surface area contributed by atoms with Crippen molar-refractivity contribution >= 4 is 17.8 Å². The van der Waals surface area contributed by atoms with Crippen LogP contribution in [0.1, 0.15) is 37.2 Å². The van der Waals surface area contributed by atoms with E-state index in [0.717, 1.165) is 18.4 Å². The van der Waals surface area contributed by atoms with Crippen LogP contribution in [-0.2, 0) is 19.1 Å². The number of nitrogens with zero attached hydrogens (tertiary/aromatic N) is 1. The first kappa shape index (κ1) is 17.5. The fraction of sp³-hybridized carbons (Fsp3) is 0.526. The van der Waals surface area contributed by atoms with Crippen molar-refractivity contribution in [3.05, 3.63) is 35.9 Å². The second-order valence-electron chi connectivity index (χ2n) is 6.76. The van der Waals surface area contributed by atoms with Crippen LogP contribution in [0, 0.1) is 5.92 Å². The number of amides is 2. The standard InChI is InChI=1S/C19H24N2O4/c1-25-19(24)15-12-21(11-14(15)13-7-3-2-4-8-13)18(23)16-9-5-6-10-17(22)20-16/h2-4,7-8,14-16H,5-6,9-12H2,1H3,(H,20,22)/t14-,15-,16+/m1/s1. The number of carbonyl (C=O) groups excluding carboxylic acids is 3. The van der Waals surface area contributed by atoms with Crippen LogP contribution in [-0.4, -0.2) is 48.9 Å². The smallest absolute Gasteiger partial charge is 0.311 e. The number of benzene rings is 1. The molecule has 2 amide bonds. The molecule has 0 aromatic heterocycles. The van der Waals surface area contributed by atoms with E-state index < -0.39 is 6.04 Å². The summed E-state index contributed by atoms with van der Waals surface area (Å²) >= 11 is 0. The molecule has 6 nitrogen and oxygen atoms in total. The molecule has 1 aromatic carbocycles. The molecule has 25 heavy (non-hydrogen) atoms. The summed E-state index contributed by atoms with van der Waals surface area (Å²) in [5.41, 5.74) is 1.03. The zero-order chi connectivity index (χ0) is 17.8. The van der Waals surface area contributed by atoms with E-state index >= 15 is 0 Å². The summed E-state index contributed by atoms with van der Waals surface area (Å²) in [6.45, 7) is 0.798. The summed E-state index contributed by atoms with van der Waals surface area (Å²) in [4.78, 5) is 38.6. The Morgan fingerprint density at radius 3 is 2.64 bits per heavy atom. The second-order valence-corrected chi connectivity index (χ2v) is 6.76. The Bertz CT molecular complexity index is 646. The van der Waals surface area contributed by atoms with Crippen molar-refractivity contribution < 1.29 is 19.1 Å². The van der Waals surface area contributed by atoms with Gasteiger partial charge in [0.15, 0.2) is 0 Å². The molecule has 0 aliphatic carbocycles. The van der Waals surface area contributed by atoms with Gasteiger partial charge in [0.2, 0.25) is 11.8 Å². The maximum absolute atomic E-state index is 12.9. The van der Waals surface area contributed by atoms with Gasteiger partial charge in [-0.2, -0.15) is 0 Å². The second kappa shape index (κ2) is 7.68. The first-order valence-electron chi connectivity index (χ1n) is 8.81. The third kappa shape index (κ3) is 3.83. The summed E-state index contributed by atoms with van der Waals surface area (Å²) in [5, 5.41) is 2.82. The van der Waals surface area contributed by atoms with Crippen molar-refractivity contribution in [3.63, 3.8) is 0 Å². The Labute approximate surface area is 147 Å². The Morgan fingerprint density at radius 2 is 1.92 bits per heavy atom. The third-order valence-corrected chi connectivity index (χ3v) is 5.14. The Hall–Kier alpha value is -2.37. The highest BCUT2D eigenvalue weighted by Crippen LogP contribution is 2.34. The zero-order valence-corrected chi connectivity index (χ0v) is 14.4. The van der Waals surface area contributed by atoms with Crippen LogP contribution in [0.5, 0.6) is 0 Å². The molecule has 2 fully saturated rings. The lowest BCUT2D eigenvalue weighted by Crippen LogP contribution is -2.47. The minimum atomic E-state index is -0.483. The summed E-state index contributed by atoms with van der Waals surface area (Å²) in [6, 6.07) is 9.25. The monoisotopic (exact) mass is 344 g/mol. The molecule has 1 N–H and O–H groups in total. The molecule has 2 aliphatic rings. The highest BCUT2D eigenvalue weighted by Gasteiger charge is 2.42. The molecule has 0 saturated carbocycles. The maximum Gasteiger partial charge on any atom is 0.311 e. The number of methoxy groups -OCH3 is 1. The van der Waals surface area contributed by atoms with Gasteiger partial charge in [0.1, 0.15) is 6.04 Å². The quantitative estimate of drug-likeness (QED) is 0.843. The first-order valence-corrected chi connectivity index (χ1v) is 8.81. The summed E-state index contributed by atoms with van der Waals surface area (Å²) in [6.07, 6.45) is 2.79. The summed E-state index contributed by atoms with van der Waals surface area (Å²) < 4.78 is 4.95. The number of ether oxygens (including phenoxy) is 1. The molecule has 2 saturated heterocycles. The number of nitrogens with one attached hydrogen (secondary N) is 1. The highest BCUT2D eigenvalue weighted by molar-refractivity contribution is 5.89. The number of hydrogen-bond acceptors (Lipinski definition) is 4. The van der Waals surface area contributed by atoms with Gasteiger partial charge in [0, 0.05) is 25.4 Å². The van der Waals surface area contributed by atoms with E-state index in [4.69, 9.17) is 4.74 Å². The van der Waals surface area contributed by atoms with Crippen LogP contribution < -0.4 is 5.32 Å². The molecule has 0 bridgehead atoms. The largest absolute Gasteiger partial charge is 0.469 e. The van der Waals surface area contributed by atoms with Gasteiger partial charge < -0.3 is 15.0 Å². The molecule has 0 unspecified atom stereocenters. The molecule has 3 rings (SSSR count). The fourth-order valence-electron chi connectivity index (χ4n) is 3.79. The number of rotatable bonds is 3. The lowest BCUT2D eigenvalue weighted by molar-refractivity contribution is -0.145. The topological polar surface area (TPSA) is 75.7 Å². The average molecular weight is 344 g/mol. The van der Waals surface area contributed by atoms with Gasteiger partial charge in [-0.3, -0.25) is 14.4 Å². The summed E-state index contributed by atoms with van der Waals surface area (Å²) in [5.74, 6) is -0.923. The maximum atomic E-state index is 12.9. The third-order valence-electron chi connectivity index (χ3n) is 5.14. The van der Waals surface area contributed by atoms with Gasteiger partial charge in [0.25, 0.3) is 0 Å². The number of esters is 1. The molecular formula is C19H24N2O4. The van der Waals surface area contributed by atoms with E-state index in [2.05, 4.69) is 5.32 Å². The van der Waals surface area contributed by atoms with Crippen molar-refractivity contribution in [1.82, 2.24) is 10.2 Å². The Kier molecular flexibility index (Phi) is 5.36. The van der Waals surface area contributed by atoms with Crippen molar-refractivity contribution in [2.45, 2.75) is 37.6 Å². The summed E-state index contributed by atoms with van der Waals surface area (Å²) in [7, 11) is 1.38. The highest BCUT2D eigenvalue weighted by atomic mass is 16.5. The van der Waals surface area contributed by atoms with Crippen LogP contribution in [0.15, 0.2) is 30.3 Å². The molecule has 0 radical (unpaired) electrons. The van der Waals surface area contributed by atoms with Gasteiger partial charge in [-0.15, -0.1) is 0 Å². The fourth-order valence-corrected chi connectivity index (χ4v) is 3.79. The van der Waals surface area contributed by atoms with Crippen molar-refractivity contribution in [2.24, 2.45) is 5.92 Å². The lowest BCUT2D eigenvalue weighted by Gasteiger charge is -2.23. The predicted octanol–water partition coefficient (Wildman–Crippen LogP) is 1.46. The Morgan fingerprint density at radius 1 is 1.16 bits per heavy atom. The van der Waals surface area contributed by atoms with Crippen LogP contribution in [0.3, 0.4) is 0 Å². The first-order chi connectivity index (χ1) is 12.1. The van der Waals surface area contributed by atoms with E-state index in [1.165, 1.54) is 7.11 Å². The van der Waals surface area contributed by atoms with Crippen molar-refractivity contribution in [2.75, 3.05) is 20.2 Å². The van der Waals surface area contributed by atoms with Crippen LogP contribution >= 0.6 is 0 Å². The van der Waals surface area contributed by atoms with Gasteiger partial charge in [0.05, 0.1) is 13.0 Å². The van der Waals surface area contributed by atoms with Gasteiger partial charge >= 0.3 is 5.97 Å². The molecule has 3 atom stereocenters. The normalized spacial score (nSPS) is 26.7. The predicted molar refractivity (Wildman–Crippen MR) is 91.7 cm³/mol. The van der Waals surface area contributed by atoms with Gasteiger partial charge in [-0.25, -0.2) is 0 Å². The van der Waals surface area contributed by atoms with Crippen LogP contribution in [0.25, 0.3) is 0 Å². The van der Waals surface area contributed by atoms with E-state index in [-0.39, 0.29) is 29.6 Å². The van der Waals surface area contributed by atoms with E-state index in [1.807, 2.05) is 30.3 Å². The molecule has 6 heteroatoms. The SMILES string of the molecule is COC(=O)[C@@H]1CN(C(=O)[C@@H]2CCCCC(=O)N2)C[C@@H]1c1ccccc1. The van der Waals surface area contributed by atoms with Crippen molar-refractivity contribution in [3.8, 4) is 0 Å². The van der Waals surface area contributed by atoms with E-state index in [0.29, 0.717) is 25.9 Å². The van der Waals surface area contributed by atoms with Crippen molar-refractivity contribution in [1.29, 1.82) is 0 Å². The minimum Gasteiger partial charge on any atom is -0.469 e. The van der Waals surface area contributed by atoms with E-state index in [1.54, 1.807) is 4.90 Å². The van der Waals surface area contributed by atoms with E-state index in [9.17, 15) is 14.4 Å². The molecule has 1 aromatic rings. The molecule has 134 valence electrons. The van der Waals surface area contributed by atoms with Crippen LogP contribution in [0.2, 0.25) is 0 Å². The van der Waals surface area contributed by atoms with Gasteiger partial charge in [-0.05, 0) is 18.4 Å². The molecule has 2 aliphatic heterocycles.